The van der Waals surface area contributed by atoms with E-state index in [1.807, 2.05) is 16.8 Å². The summed E-state index contributed by atoms with van der Waals surface area (Å²) in [6.45, 7) is 0. The second-order valence-corrected chi connectivity index (χ2v) is 3.37. The lowest BCUT2D eigenvalue weighted by Crippen LogP contribution is -1.75. The van der Waals surface area contributed by atoms with Crippen molar-refractivity contribution in [1.29, 1.82) is 0 Å². The highest BCUT2D eigenvalue weighted by molar-refractivity contribution is 7.08. The highest BCUT2D eigenvalue weighted by Crippen LogP contribution is 2.26. The standard InChI is InChI=1S/C8H6ClNOS/c9-3-7-4-10-11-8(7)6-1-2-12-5-6/h1-2,4-5H,3H2. The van der Waals surface area contributed by atoms with Crippen molar-refractivity contribution in [3.05, 3.63) is 28.6 Å². The molecule has 0 bridgehead atoms. The predicted molar refractivity (Wildman–Crippen MR) is 49.4 cm³/mol. The van der Waals surface area contributed by atoms with Gasteiger partial charge in [-0.05, 0) is 11.4 Å². The lowest BCUT2D eigenvalue weighted by Gasteiger charge is -1.91. The SMILES string of the molecule is ClCc1cnoc1-c1ccsc1. The molecule has 0 amide bonds. The molecule has 0 fully saturated rings. The molecule has 0 atom stereocenters. The van der Waals surface area contributed by atoms with Gasteiger partial charge in [-0.1, -0.05) is 5.16 Å². The van der Waals surface area contributed by atoms with E-state index in [-0.39, 0.29) is 0 Å². The number of hydrogen-bond acceptors (Lipinski definition) is 3. The highest BCUT2D eigenvalue weighted by atomic mass is 35.5. The van der Waals surface area contributed by atoms with E-state index in [1.54, 1.807) is 17.5 Å². The van der Waals surface area contributed by atoms with E-state index in [0.717, 1.165) is 16.9 Å². The van der Waals surface area contributed by atoms with Crippen LogP contribution in [0.15, 0.2) is 27.5 Å². The number of halogens is 1. The molecule has 4 heteroatoms. The minimum atomic E-state index is 0.439. The molecule has 62 valence electrons. The van der Waals surface area contributed by atoms with Crippen molar-refractivity contribution >= 4 is 22.9 Å². The maximum Gasteiger partial charge on any atom is 0.172 e. The first-order valence-corrected chi connectivity index (χ1v) is 4.91. The van der Waals surface area contributed by atoms with Gasteiger partial charge >= 0.3 is 0 Å². The van der Waals surface area contributed by atoms with Crippen LogP contribution in [-0.2, 0) is 5.88 Å². The monoisotopic (exact) mass is 199 g/mol. The summed E-state index contributed by atoms with van der Waals surface area (Å²) in [5.41, 5.74) is 1.99. The van der Waals surface area contributed by atoms with Crippen LogP contribution in [0.25, 0.3) is 11.3 Å². The van der Waals surface area contributed by atoms with Gasteiger partial charge in [0, 0.05) is 16.5 Å². The Morgan fingerprint density at radius 2 is 2.50 bits per heavy atom. The zero-order valence-electron chi connectivity index (χ0n) is 6.16. The van der Waals surface area contributed by atoms with Gasteiger partial charge < -0.3 is 4.52 Å². The van der Waals surface area contributed by atoms with E-state index in [2.05, 4.69) is 5.16 Å². The molecular weight excluding hydrogens is 194 g/mol. The molecular formula is C8H6ClNOS. The molecule has 2 aromatic rings. The minimum Gasteiger partial charge on any atom is -0.356 e. The smallest absolute Gasteiger partial charge is 0.172 e. The molecule has 0 saturated heterocycles. The topological polar surface area (TPSA) is 26.0 Å². The Labute approximate surface area is 78.8 Å². The van der Waals surface area contributed by atoms with E-state index in [0.29, 0.717) is 5.88 Å². The Balaban J connectivity index is 2.46. The Kier molecular flexibility index (Phi) is 2.15. The summed E-state index contributed by atoms with van der Waals surface area (Å²) < 4.78 is 5.07. The van der Waals surface area contributed by atoms with Crippen LogP contribution < -0.4 is 0 Å². The first kappa shape index (κ1) is 7.83. The summed E-state index contributed by atoms with van der Waals surface area (Å²) in [5.74, 6) is 1.22. The van der Waals surface area contributed by atoms with E-state index in [4.69, 9.17) is 16.1 Å². The van der Waals surface area contributed by atoms with Crippen molar-refractivity contribution in [1.82, 2.24) is 5.16 Å². The quantitative estimate of drug-likeness (QED) is 0.695. The van der Waals surface area contributed by atoms with Crippen molar-refractivity contribution < 1.29 is 4.52 Å². The number of rotatable bonds is 2. The van der Waals surface area contributed by atoms with Gasteiger partial charge in [-0.25, -0.2) is 0 Å². The van der Waals surface area contributed by atoms with E-state index < -0.39 is 0 Å². The van der Waals surface area contributed by atoms with Crippen molar-refractivity contribution in [3.63, 3.8) is 0 Å². The second kappa shape index (κ2) is 3.29. The molecule has 12 heavy (non-hydrogen) atoms. The minimum absolute atomic E-state index is 0.439. The molecule has 0 aromatic carbocycles. The van der Waals surface area contributed by atoms with Crippen LogP contribution in [-0.4, -0.2) is 5.16 Å². The second-order valence-electron chi connectivity index (χ2n) is 2.33. The van der Waals surface area contributed by atoms with Gasteiger partial charge in [0.15, 0.2) is 5.76 Å². The van der Waals surface area contributed by atoms with Gasteiger partial charge in [0.25, 0.3) is 0 Å². The van der Waals surface area contributed by atoms with Crippen LogP contribution in [0.2, 0.25) is 0 Å². The summed E-state index contributed by atoms with van der Waals surface area (Å²) in [6, 6.07) is 1.99. The number of hydrogen-bond donors (Lipinski definition) is 0. The third kappa shape index (κ3) is 1.26. The molecule has 0 aliphatic rings. The summed E-state index contributed by atoms with van der Waals surface area (Å²) in [5, 5.41) is 7.70. The van der Waals surface area contributed by atoms with Crippen LogP contribution in [0.4, 0.5) is 0 Å². The first-order chi connectivity index (χ1) is 5.92. The maximum absolute atomic E-state index is 5.69. The van der Waals surface area contributed by atoms with Crippen molar-refractivity contribution in [3.8, 4) is 11.3 Å². The Hall–Kier alpha value is -0.800. The van der Waals surface area contributed by atoms with Crippen LogP contribution in [0.3, 0.4) is 0 Å². The molecule has 2 aromatic heterocycles. The molecule has 0 aliphatic heterocycles. The third-order valence-corrected chi connectivity index (χ3v) is 2.54. The fourth-order valence-corrected chi connectivity index (χ4v) is 1.81. The van der Waals surface area contributed by atoms with Gasteiger partial charge in [-0.2, -0.15) is 11.3 Å². The first-order valence-electron chi connectivity index (χ1n) is 3.44. The van der Waals surface area contributed by atoms with Crippen LogP contribution in [0.5, 0.6) is 0 Å². The largest absolute Gasteiger partial charge is 0.356 e. The Morgan fingerprint density at radius 1 is 1.58 bits per heavy atom. The zero-order chi connectivity index (χ0) is 8.39. The number of alkyl halides is 1. The Bertz CT molecular complexity index is 355. The van der Waals surface area contributed by atoms with Crippen molar-refractivity contribution in [2.45, 2.75) is 5.88 Å². The van der Waals surface area contributed by atoms with Gasteiger partial charge in [0.2, 0.25) is 0 Å². The number of thiophene rings is 1. The molecule has 2 rings (SSSR count). The van der Waals surface area contributed by atoms with E-state index in [9.17, 15) is 0 Å². The van der Waals surface area contributed by atoms with E-state index >= 15 is 0 Å². The van der Waals surface area contributed by atoms with E-state index in [1.165, 1.54) is 0 Å². The molecule has 0 aliphatic carbocycles. The summed E-state index contributed by atoms with van der Waals surface area (Å²) in [6.07, 6.45) is 1.65. The van der Waals surface area contributed by atoms with Crippen molar-refractivity contribution in [2.24, 2.45) is 0 Å². The lowest BCUT2D eigenvalue weighted by atomic mass is 10.2. The predicted octanol–water partition coefficient (Wildman–Crippen LogP) is 3.14. The van der Waals surface area contributed by atoms with Crippen LogP contribution in [0, 0.1) is 0 Å². The van der Waals surface area contributed by atoms with Gasteiger partial charge in [-0.15, -0.1) is 11.6 Å². The lowest BCUT2D eigenvalue weighted by molar-refractivity contribution is 0.432. The van der Waals surface area contributed by atoms with Gasteiger partial charge in [-0.3, -0.25) is 0 Å². The molecule has 2 heterocycles. The fraction of sp³-hybridized carbons (Fsp3) is 0.125. The summed E-state index contributed by atoms with van der Waals surface area (Å²) in [7, 11) is 0. The molecule has 0 saturated carbocycles. The number of aromatic nitrogens is 1. The molecule has 0 spiro atoms. The van der Waals surface area contributed by atoms with Gasteiger partial charge in [0.1, 0.15) is 0 Å². The number of nitrogens with zero attached hydrogens (tertiary/aromatic N) is 1. The third-order valence-electron chi connectivity index (χ3n) is 1.57. The zero-order valence-corrected chi connectivity index (χ0v) is 7.73. The highest BCUT2D eigenvalue weighted by Gasteiger charge is 2.09. The Morgan fingerprint density at radius 3 is 3.17 bits per heavy atom. The van der Waals surface area contributed by atoms with Crippen molar-refractivity contribution in [2.75, 3.05) is 0 Å². The summed E-state index contributed by atoms with van der Waals surface area (Å²) in [4.78, 5) is 0. The molecule has 0 N–H and O–H groups in total. The normalized spacial score (nSPS) is 10.4. The summed E-state index contributed by atoms with van der Waals surface area (Å²) >= 11 is 7.32. The molecule has 0 unspecified atom stereocenters. The average molecular weight is 200 g/mol. The average Bonchev–Trinajstić information content (AvgIpc) is 2.74. The molecule has 2 nitrogen and oxygen atoms in total. The van der Waals surface area contributed by atoms with Gasteiger partial charge in [0.05, 0.1) is 12.1 Å². The molecule has 0 radical (unpaired) electrons. The van der Waals surface area contributed by atoms with Crippen LogP contribution >= 0.6 is 22.9 Å². The maximum atomic E-state index is 5.69. The fourth-order valence-electron chi connectivity index (χ4n) is 0.987. The van der Waals surface area contributed by atoms with Crippen LogP contribution in [0.1, 0.15) is 5.56 Å².